The monoisotopic (exact) mass is 499 g/mol. The quantitative estimate of drug-likeness (QED) is 0.635. The van der Waals surface area contributed by atoms with E-state index >= 15 is 0 Å². The molecule has 1 amide bonds. The summed E-state index contributed by atoms with van der Waals surface area (Å²) in [7, 11) is -2.27. The van der Waals surface area contributed by atoms with Crippen LogP contribution in [0.2, 0.25) is 0 Å². The molecule has 0 unspecified atom stereocenters. The van der Waals surface area contributed by atoms with Crippen LogP contribution in [0, 0.1) is 23.7 Å². The lowest BCUT2D eigenvalue weighted by Crippen LogP contribution is -2.50. The third kappa shape index (κ3) is 6.20. The minimum Gasteiger partial charge on any atom is -0.487 e. The van der Waals surface area contributed by atoms with Gasteiger partial charge < -0.3 is 14.7 Å². The molecule has 0 radical (unpaired) electrons. The van der Waals surface area contributed by atoms with Gasteiger partial charge in [-0.25, -0.2) is 8.42 Å². The number of rotatable bonds is 5. The molecule has 0 saturated heterocycles. The van der Waals surface area contributed by atoms with E-state index in [9.17, 15) is 18.3 Å². The van der Waals surface area contributed by atoms with Gasteiger partial charge in [0.15, 0.2) is 0 Å². The molecule has 8 nitrogen and oxygen atoms in total. The van der Waals surface area contributed by atoms with Gasteiger partial charge in [0.05, 0.1) is 13.2 Å². The molecule has 1 aromatic heterocycles. The average molecular weight is 500 g/mol. The van der Waals surface area contributed by atoms with E-state index in [-0.39, 0.29) is 48.1 Å². The number of aromatic nitrogens is 1. The number of aliphatic hydroxyl groups excluding tert-OH is 1. The topological polar surface area (TPSA) is 100 Å². The van der Waals surface area contributed by atoms with Crippen LogP contribution in [0.4, 0.5) is 0 Å². The fourth-order valence-electron chi connectivity index (χ4n) is 3.79. The smallest absolute Gasteiger partial charge is 0.272 e. The Morgan fingerprint density at radius 2 is 2.03 bits per heavy atom. The molecule has 0 bridgehead atoms. The summed E-state index contributed by atoms with van der Waals surface area (Å²) in [5.74, 6) is 5.94. The summed E-state index contributed by atoms with van der Waals surface area (Å²) < 4.78 is 34.7. The summed E-state index contributed by atoms with van der Waals surface area (Å²) in [5.41, 5.74) is 0.956. The molecular weight excluding hydrogens is 466 g/mol. The van der Waals surface area contributed by atoms with Crippen molar-refractivity contribution in [3.05, 3.63) is 53.9 Å². The van der Waals surface area contributed by atoms with E-state index < -0.39 is 22.2 Å². The number of sulfonamides is 1. The summed E-state index contributed by atoms with van der Waals surface area (Å²) in [4.78, 5) is 18.6. The first kappa shape index (κ1) is 26.7. The van der Waals surface area contributed by atoms with Crippen LogP contribution < -0.4 is 4.74 Å². The van der Waals surface area contributed by atoms with Crippen LogP contribution in [0.1, 0.15) is 43.7 Å². The zero-order valence-corrected chi connectivity index (χ0v) is 21.6. The molecule has 0 saturated carbocycles. The van der Waals surface area contributed by atoms with Crippen LogP contribution in [0.5, 0.6) is 5.75 Å². The summed E-state index contributed by atoms with van der Waals surface area (Å²) >= 11 is 0. The van der Waals surface area contributed by atoms with Gasteiger partial charge in [0.25, 0.3) is 5.91 Å². The van der Waals surface area contributed by atoms with Crippen molar-refractivity contribution in [3.63, 3.8) is 0 Å². The molecule has 1 aliphatic heterocycles. The number of likely N-dealkylation sites (N-methyl/N-ethyl adjacent to an activating group) is 1. The largest absolute Gasteiger partial charge is 0.487 e. The normalized spacial score (nSPS) is 20.4. The lowest BCUT2D eigenvalue weighted by molar-refractivity contribution is 0.0559. The number of amides is 1. The SMILES string of the molecule is CC(C)C#Cc1ccc2c(c1)O[C@H](CN(C)C(=O)c1ccccn1)[C@@H](C)CN([C@@H](C)CO)S2(=O)=O. The number of carbonyl (C=O) groups is 1. The summed E-state index contributed by atoms with van der Waals surface area (Å²) in [5, 5.41) is 9.78. The van der Waals surface area contributed by atoms with E-state index in [0.29, 0.717) is 11.3 Å². The number of benzene rings is 1. The van der Waals surface area contributed by atoms with Crippen molar-refractivity contribution in [1.29, 1.82) is 0 Å². The Morgan fingerprint density at radius 3 is 2.66 bits per heavy atom. The van der Waals surface area contributed by atoms with E-state index in [1.807, 2.05) is 20.8 Å². The van der Waals surface area contributed by atoms with E-state index in [0.717, 1.165) is 0 Å². The molecule has 1 N–H and O–H groups in total. The number of nitrogens with zero attached hydrogens (tertiary/aromatic N) is 3. The van der Waals surface area contributed by atoms with Crippen LogP contribution in [0.25, 0.3) is 0 Å². The summed E-state index contributed by atoms with van der Waals surface area (Å²) in [6.45, 7) is 7.53. The van der Waals surface area contributed by atoms with Gasteiger partial charge in [0.2, 0.25) is 10.0 Å². The first-order chi connectivity index (χ1) is 16.5. The van der Waals surface area contributed by atoms with Crippen LogP contribution in [-0.4, -0.2) is 72.5 Å². The number of aliphatic hydroxyl groups is 1. The predicted molar refractivity (Wildman–Crippen MR) is 133 cm³/mol. The Kier molecular flexibility index (Phi) is 8.54. The molecule has 2 aromatic rings. The molecule has 1 aliphatic rings. The second-order valence-electron chi connectivity index (χ2n) is 9.23. The Balaban J connectivity index is 2.02. The van der Waals surface area contributed by atoms with E-state index in [2.05, 4.69) is 16.8 Å². The highest BCUT2D eigenvalue weighted by atomic mass is 32.2. The van der Waals surface area contributed by atoms with Crippen molar-refractivity contribution >= 4 is 15.9 Å². The molecule has 0 fully saturated rings. The number of pyridine rings is 1. The lowest BCUT2D eigenvalue weighted by atomic mass is 10.0. The molecule has 35 heavy (non-hydrogen) atoms. The van der Waals surface area contributed by atoms with Crippen LogP contribution >= 0.6 is 0 Å². The average Bonchev–Trinajstić information content (AvgIpc) is 2.84. The molecule has 0 spiro atoms. The van der Waals surface area contributed by atoms with E-state index in [1.54, 1.807) is 50.5 Å². The summed E-state index contributed by atoms with van der Waals surface area (Å²) in [6, 6.07) is 9.31. The molecule has 0 aliphatic carbocycles. The van der Waals surface area contributed by atoms with Gasteiger partial charge in [-0.1, -0.05) is 38.7 Å². The first-order valence-electron chi connectivity index (χ1n) is 11.7. The highest BCUT2D eigenvalue weighted by Crippen LogP contribution is 2.34. The predicted octanol–water partition coefficient (Wildman–Crippen LogP) is 2.63. The molecule has 3 rings (SSSR count). The third-order valence-electron chi connectivity index (χ3n) is 5.86. The first-order valence-corrected chi connectivity index (χ1v) is 13.1. The third-order valence-corrected chi connectivity index (χ3v) is 7.88. The van der Waals surface area contributed by atoms with Crippen molar-refractivity contribution in [2.75, 3.05) is 26.7 Å². The Hall–Kier alpha value is -2.93. The Bertz CT molecular complexity index is 1200. The Labute approximate surface area is 208 Å². The fourth-order valence-corrected chi connectivity index (χ4v) is 5.61. The number of ether oxygens (including phenoxy) is 1. The van der Waals surface area contributed by atoms with Crippen LogP contribution in [0.15, 0.2) is 47.5 Å². The van der Waals surface area contributed by atoms with E-state index in [4.69, 9.17) is 4.74 Å². The molecular formula is C26H33N3O5S. The number of hydrogen-bond donors (Lipinski definition) is 1. The minimum atomic E-state index is -3.94. The van der Waals surface area contributed by atoms with Crippen molar-refractivity contribution < 1.29 is 23.1 Å². The highest BCUT2D eigenvalue weighted by molar-refractivity contribution is 7.89. The van der Waals surface area contributed by atoms with Gasteiger partial charge in [0, 0.05) is 43.2 Å². The summed E-state index contributed by atoms with van der Waals surface area (Å²) in [6.07, 6.45) is 1.05. The zero-order chi connectivity index (χ0) is 25.8. The number of hydrogen-bond acceptors (Lipinski definition) is 6. The van der Waals surface area contributed by atoms with Crippen LogP contribution in [0.3, 0.4) is 0 Å². The highest BCUT2D eigenvalue weighted by Gasteiger charge is 2.38. The molecule has 3 atom stereocenters. The van der Waals surface area contributed by atoms with Gasteiger partial charge in [-0.2, -0.15) is 4.31 Å². The van der Waals surface area contributed by atoms with Crippen molar-refractivity contribution in [1.82, 2.24) is 14.2 Å². The Morgan fingerprint density at radius 1 is 1.29 bits per heavy atom. The standard InChI is InChI=1S/C26H33N3O5S/c1-18(2)9-10-21-11-12-25-23(14-21)34-24(16-28(5)26(31)22-8-6-7-13-27-22)19(3)15-29(20(4)17-30)35(25,32)33/h6-8,11-14,18-20,24,30H,15-17H2,1-5H3/t19-,20-,24+/m0/s1. The van der Waals surface area contributed by atoms with Crippen molar-refractivity contribution in [2.45, 2.75) is 44.7 Å². The maximum absolute atomic E-state index is 13.5. The van der Waals surface area contributed by atoms with Gasteiger partial charge in [-0.05, 0) is 37.3 Å². The molecule has 188 valence electrons. The fraction of sp³-hybridized carbons (Fsp3) is 0.462. The van der Waals surface area contributed by atoms with Crippen LogP contribution in [-0.2, 0) is 10.0 Å². The maximum Gasteiger partial charge on any atom is 0.272 e. The lowest BCUT2D eigenvalue weighted by Gasteiger charge is -2.37. The van der Waals surface area contributed by atoms with Gasteiger partial charge in [-0.15, -0.1) is 0 Å². The minimum absolute atomic E-state index is 0.0171. The number of carbonyl (C=O) groups excluding carboxylic acids is 1. The van der Waals surface area contributed by atoms with Crippen molar-refractivity contribution in [3.8, 4) is 17.6 Å². The van der Waals surface area contributed by atoms with Gasteiger partial charge >= 0.3 is 0 Å². The van der Waals surface area contributed by atoms with E-state index in [1.165, 1.54) is 15.3 Å². The molecule has 1 aromatic carbocycles. The van der Waals surface area contributed by atoms with Gasteiger partial charge in [0.1, 0.15) is 22.4 Å². The molecule has 2 heterocycles. The van der Waals surface area contributed by atoms with Crippen molar-refractivity contribution in [2.24, 2.45) is 11.8 Å². The number of fused-ring (bicyclic) bond motifs is 1. The second-order valence-corrected chi connectivity index (χ2v) is 11.1. The molecule has 9 heteroatoms. The van der Waals surface area contributed by atoms with Gasteiger partial charge in [-0.3, -0.25) is 9.78 Å². The second kappa shape index (κ2) is 11.2. The zero-order valence-electron chi connectivity index (χ0n) is 20.8. The maximum atomic E-state index is 13.5.